The quantitative estimate of drug-likeness (QED) is 0.739. The van der Waals surface area contributed by atoms with Gasteiger partial charge in [0.25, 0.3) is 0 Å². The zero-order valence-electron chi connectivity index (χ0n) is 8.64. The van der Waals surface area contributed by atoms with Crippen molar-refractivity contribution in [1.82, 2.24) is 0 Å². The van der Waals surface area contributed by atoms with Crippen LogP contribution in [-0.2, 0) is 6.42 Å². The monoisotopic (exact) mass is 202 g/mol. The number of nitrogens with two attached hydrogens (primary N) is 2. The first-order valence-corrected chi connectivity index (χ1v) is 4.84. The normalized spacial score (nSPS) is 24.9. The van der Waals surface area contributed by atoms with Crippen LogP contribution in [0.2, 0.25) is 0 Å². The molecule has 4 nitrogen and oxygen atoms in total. The molecule has 1 aromatic rings. The van der Waals surface area contributed by atoms with Gasteiger partial charge in [0, 0.05) is 6.42 Å². The predicted octanol–water partition coefficient (Wildman–Crippen LogP) is 0.673. The lowest BCUT2D eigenvalue weighted by atomic mass is 9.91. The van der Waals surface area contributed by atoms with Crippen molar-refractivity contribution >= 4 is 11.5 Å². The largest absolute Gasteiger partial charge is 0.384 e. The summed E-state index contributed by atoms with van der Waals surface area (Å²) in [6.45, 7) is 1.83. The molecule has 0 saturated heterocycles. The van der Waals surface area contributed by atoms with Crippen molar-refractivity contribution in [2.24, 2.45) is 21.7 Å². The molecule has 0 amide bonds. The first-order chi connectivity index (χ1) is 7.10. The highest BCUT2D eigenvalue weighted by Gasteiger charge is 2.34. The minimum absolute atomic E-state index is 0.383. The van der Waals surface area contributed by atoms with Crippen LogP contribution in [0, 0.1) is 0 Å². The molecule has 0 aromatic heterocycles. The first kappa shape index (κ1) is 9.86. The average Bonchev–Trinajstić information content (AvgIpc) is 2.47. The van der Waals surface area contributed by atoms with Crippen LogP contribution in [0.1, 0.15) is 12.5 Å². The van der Waals surface area contributed by atoms with Crippen molar-refractivity contribution in [2.45, 2.75) is 18.9 Å². The van der Waals surface area contributed by atoms with Gasteiger partial charge in [-0.05, 0) is 12.5 Å². The van der Waals surface area contributed by atoms with E-state index < -0.39 is 5.54 Å². The molecule has 1 aromatic carbocycles. The fourth-order valence-corrected chi connectivity index (χ4v) is 1.48. The summed E-state index contributed by atoms with van der Waals surface area (Å²) in [6, 6.07) is 10.0. The lowest BCUT2D eigenvalue weighted by molar-refractivity contribution is 0.823. The summed E-state index contributed by atoms with van der Waals surface area (Å²) < 4.78 is 0. The van der Waals surface area contributed by atoms with Gasteiger partial charge in [-0.25, -0.2) is 0 Å². The predicted molar refractivity (Wildman–Crippen MR) is 61.8 cm³/mol. The molecule has 1 atom stereocenters. The molecule has 1 aliphatic rings. The standard InChI is InChI=1S/C11H14N4/c1-11(13)9(14-15-10(11)12)7-8-5-3-2-4-6-8/h2-6H,7,13H2,1H3,(H2,12,15). The second-order valence-electron chi connectivity index (χ2n) is 3.90. The van der Waals surface area contributed by atoms with Crippen molar-refractivity contribution in [3.63, 3.8) is 0 Å². The Morgan fingerprint density at radius 2 is 1.87 bits per heavy atom. The summed E-state index contributed by atoms with van der Waals surface area (Å²) in [7, 11) is 0. The van der Waals surface area contributed by atoms with E-state index in [0.717, 1.165) is 11.3 Å². The molecular formula is C11H14N4. The number of amidine groups is 1. The molecule has 0 bridgehead atoms. The molecule has 0 fully saturated rings. The molecule has 0 aliphatic carbocycles. The average molecular weight is 202 g/mol. The Balaban J connectivity index is 2.17. The van der Waals surface area contributed by atoms with Crippen molar-refractivity contribution < 1.29 is 0 Å². The van der Waals surface area contributed by atoms with Crippen LogP contribution in [0.3, 0.4) is 0 Å². The third kappa shape index (κ3) is 1.76. The number of hydrogen-bond donors (Lipinski definition) is 2. The summed E-state index contributed by atoms with van der Waals surface area (Å²) in [5.74, 6) is 0.383. The number of benzene rings is 1. The molecule has 0 radical (unpaired) electrons. The van der Waals surface area contributed by atoms with Crippen LogP contribution in [-0.4, -0.2) is 17.1 Å². The van der Waals surface area contributed by atoms with E-state index in [0.29, 0.717) is 12.3 Å². The van der Waals surface area contributed by atoms with Gasteiger partial charge in [0.1, 0.15) is 11.4 Å². The van der Waals surface area contributed by atoms with E-state index in [1.165, 1.54) is 0 Å². The fourth-order valence-electron chi connectivity index (χ4n) is 1.48. The molecule has 2 rings (SSSR count). The minimum atomic E-state index is -0.699. The Bertz CT molecular complexity index is 417. The lowest BCUT2D eigenvalue weighted by Gasteiger charge is -2.19. The summed E-state index contributed by atoms with van der Waals surface area (Å²) >= 11 is 0. The lowest BCUT2D eigenvalue weighted by Crippen LogP contribution is -2.53. The van der Waals surface area contributed by atoms with Crippen LogP contribution in [0.4, 0.5) is 0 Å². The van der Waals surface area contributed by atoms with Gasteiger partial charge in [-0.3, -0.25) is 0 Å². The fraction of sp³-hybridized carbons (Fsp3) is 0.273. The van der Waals surface area contributed by atoms with Crippen LogP contribution in [0.15, 0.2) is 40.5 Å². The maximum atomic E-state index is 6.03. The molecular weight excluding hydrogens is 188 g/mol. The second kappa shape index (κ2) is 3.47. The molecule has 0 saturated carbocycles. The van der Waals surface area contributed by atoms with Gasteiger partial charge in [-0.15, -0.1) is 5.10 Å². The van der Waals surface area contributed by atoms with Crippen LogP contribution < -0.4 is 11.5 Å². The number of rotatable bonds is 2. The maximum absolute atomic E-state index is 6.03. The van der Waals surface area contributed by atoms with Gasteiger partial charge in [0.15, 0.2) is 0 Å². The van der Waals surface area contributed by atoms with Crippen LogP contribution in [0.25, 0.3) is 0 Å². The van der Waals surface area contributed by atoms with Gasteiger partial charge >= 0.3 is 0 Å². The summed E-state index contributed by atoms with van der Waals surface area (Å²) in [6.07, 6.45) is 0.692. The summed E-state index contributed by atoms with van der Waals surface area (Å²) in [5, 5.41) is 7.84. The second-order valence-corrected chi connectivity index (χ2v) is 3.90. The van der Waals surface area contributed by atoms with Crippen LogP contribution in [0.5, 0.6) is 0 Å². The Morgan fingerprint density at radius 1 is 1.20 bits per heavy atom. The van der Waals surface area contributed by atoms with E-state index >= 15 is 0 Å². The Kier molecular flexibility index (Phi) is 2.28. The topological polar surface area (TPSA) is 76.8 Å². The molecule has 15 heavy (non-hydrogen) atoms. The molecule has 1 unspecified atom stereocenters. The highest BCUT2D eigenvalue weighted by atomic mass is 15.3. The van der Waals surface area contributed by atoms with Crippen LogP contribution >= 0.6 is 0 Å². The van der Waals surface area contributed by atoms with Crippen molar-refractivity contribution in [3.8, 4) is 0 Å². The first-order valence-electron chi connectivity index (χ1n) is 4.84. The van der Waals surface area contributed by atoms with E-state index in [9.17, 15) is 0 Å². The van der Waals surface area contributed by atoms with E-state index in [-0.39, 0.29) is 0 Å². The van der Waals surface area contributed by atoms with Crippen molar-refractivity contribution in [1.29, 1.82) is 0 Å². The van der Waals surface area contributed by atoms with Gasteiger partial charge < -0.3 is 11.5 Å². The number of nitrogens with zero attached hydrogens (tertiary/aromatic N) is 2. The van der Waals surface area contributed by atoms with Gasteiger partial charge in [0.05, 0.1) is 5.71 Å². The Labute approximate surface area is 88.7 Å². The molecule has 4 N–H and O–H groups in total. The van der Waals surface area contributed by atoms with Gasteiger partial charge in [0.2, 0.25) is 0 Å². The Hall–Kier alpha value is -1.68. The smallest absolute Gasteiger partial charge is 0.148 e. The molecule has 4 heteroatoms. The third-order valence-electron chi connectivity index (χ3n) is 2.62. The Morgan fingerprint density at radius 3 is 2.40 bits per heavy atom. The van der Waals surface area contributed by atoms with Crippen molar-refractivity contribution in [3.05, 3.63) is 35.9 Å². The molecule has 1 heterocycles. The molecule has 0 spiro atoms. The van der Waals surface area contributed by atoms with Gasteiger partial charge in [-0.1, -0.05) is 30.3 Å². The third-order valence-corrected chi connectivity index (χ3v) is 2.62. The van der Waals surface area contributed by atoms with E-state index in [4.69, 9.17) is 11.5 Å². The highest BCUT2D eigenvalue weighted by molar-refractivity contribution is 6.17. The SMILES string of the molecule is CC1(N)C(N)=NN=C1Cc1ccccc1. The summed E-state index contributed by atoms with van der Waals surface area (Å²) in [4.78, 5) is 0. The van der Waals surface area contributed by atoms with E-state index in [1.807, 2.05) is 37.3 Å². The van der Waals surface area contributed by atoms with Crippen molar-refractivity contribution in [2.75, 3.05) is 0 Å². The van der Waals surface area contributed by atoms with E-state index in [1.54, 1.807) is 0 Å². The zero-order valence-corrected chi connectivity index (χ0v) is 8.64. The van der Waals surface area contributed by atoms with E-state index in [2.05, 4.69) is 10.2 Å². The highest BCUT2D eigenvalue weighted by Crippen LogP contribution is 2.15. The zero-order chi connectivity index (χ0) is 10.9. The number of hydrogen-bond acceptors (Lipinski definition) is 4. The maximum Gasteiger partial charge on any atom is 0.148 e. The molecule has 1 aliphatic heterocycles. The molecule has 78 valence electrons. The summed E-state index contributed by atoms with van der Waals surface area (Å²) in [5.41, 5.74) is 13.0. The van der Waals surface area contributed by atoms with Gasteiger partial charge in [-0.2, -0.15) is 5.10 Å². The minimum Gasteiger partial charge on any atom is -0.384 e.